The molecule has 0 aromatic heterocycles. The van der Waals surface area contributed by atoms with Crippen LogP contribution in [0.1, 0.15) is 19.8 Å². The first kappa shape index (κ1) is 14.7. The fourth-order valence-electron chi connectivity index (χ4n) is 2.50. The third-order valence-electron chi connectivity index (χ3n) is 3.41. The first-order chi connectivity index (χ1) is 9.00. The third-order valence-corrected chi connectivity index (χ3v) is 5.42. The average Bonchev–Trinajstić information content (AvgIpc) is 2.39. The quantitative estimate of drug-likeness (QED) is 0.736. The van der Waals surface area contributed by atoms with Crippen LogP contribution in [0, 0.1) is 0 Å². The zero-order valence-corrected chi connectivity index (χ0v) is 12.0. The maximum absolute atomic E-state index is 12.5. The highest BCUT2D eigenvalue weighted by atomic mass is 32.2. The number of carbonyl (C=O) groups excluding carboxylic acids is 1. The Kier molecular flexibility index (Phi) is 4.77. The number of ether oxygens (including phenoxy) is 1. The van der Waals surface area contributed by atoms with Gasteiger partial charge in [0.05, 0.1) is 13.2 Å². The summed E-state index contributed by atoms with van der Waals surface area (Å²) in [7, 11) is -3.42. The molecular formula is C11H21N3O4S. The number of nitrogens with zero attached hydrogens (tertiary/aromatic N) is 2. The number of hydrogen-bond acceptors (Lipinski definition) is 4. The van der Waals surface area contributed by atoms with Gasteiger partial charge in [-0.25, -0.2) is 0 Å². The van der Waals surface area contributed by atoms with Crippen molar-refractivity contribution in [2.45, 2.75) is 25.8 Å². The molecular weight excluding hydrogens is 270 g/mol. The molecule has 2 aliphatic rings. The number of amides is 1. The fourth-order valence-corrected chi connectivity index (χ4v) is 4.16. The van der Waals surface area contributed by atoms with Gasteiger partial charge in [0.2, 0.25) is 5.91 Å². The molecule has 0 radical (unpaired) electrons. The van der Waals surface area contributed by atoms with Gasteiger partial charge in [-0.15, -0.1) is 0 Å². The van der Waals surface area contributed by atoms with E-state index in [-0.39, 0.29) is 11.9 Å². The van der Waals surface area contributed by atoms with E-state index >= 15 is 0 Å². The Morgan fingerprint density at radius 2 is 1.89 bits per heavy atom. The van der Waals surface area contributed by atoms with Crippen molar-refractivity contribution in [2.75, 3.05) is 39.4 Å². The minimum Gasteiger partial charge on any atom is -0.379 e. The van der Waals surface area contributed by atoms with Gasteiger partial charge in [0.25, 0.3) is 10.2 Å². The number of nitrogens with one attached hydrogen (secondary N) is 1. The molecule has 0 bridgehead atoms. The lowest BCUT2D eigenvalue weighted by molar-refractivity contribution is -0.119. The Morgan fingerprint density at radius 3 is 2.53 bits per heavy atom. The lowest BCUT2D eigenvalue weighted by Crippen LogP contribution is -2.54. The molecule has 8 heteroatoms. The summed E-state index contributed by atoms with van der Waals surface area (Å²) >= 11 is 0. The van der Waals surface area contributed by atoms with Crippen molar-refractivity contribution in [2.24, 2.45) is 0 Å². The van der Waals surface area contributed by atoms with Gasteiger partial charge >= 0.3 is 0 Å². The number of morpholine rings is 1. The predicted molar refractivity (Wildman–Crippen MR) is 69.7 cm³/mol. The topological polar surface area (TPSA) is 79.0 Å². The van der Waals surface area contributed by atoms with Crippen molar-refractivity contribution in [3.05, 3.63) is 0 Å². The smallest absolute Gasteiger partial charge is 0.282 e. The number of hydrogen-bond donors (Lipinski definition) is 1. The van der Waals surface area contributed by atoms with Crippen molar-refractivity contribution in [3.8, 4) is 0 Å². The summed E-state index contributed by atoms with van der Waals surface area (Å²) in [4.78, 5) is 11.1. The van der Waals surface area contributed by atoms with E-state index < -0.39 is 10.2 Å². The zero-order valence-electron chi connectivity index (χ0n) is 11.2. The maximum atomic E-state index is 12.5. The molecule has 110 valence electrons. The zero-order chi connectivity index (χ0) is 13.9. The van der Waals surface area contributed by atoms with Crippen LogP contribution in [0.4, 0.5) is 0 Å². The molecule has 0 aromatic carbocycles. The highest BCUT2D eigenvalue weighted by molar-refractivity contribution is 7.86. The second-order valence-corrected chi connectivity index (χ2v) is 6.85. The lowest BCUT2D eigenvalue weighted by Gasteiger charge is -2.36. The largest absolute Gasteiger partial charge is 0.379 e. The Labute approximate surface area is 114 Å². The van der Waals surface area contributed by atoms with Crippen molar-refractivity contribution in [1.82, 2.24) is 13.9 Å². The normalized spacial score (nSPS) is 27.1. The number of piperidine rings is 1. The summed E-state index contributed by atoms with van der Waals surface area (Å²) < 4.78 is 33.0. The molecule has 0 saturated carbocycles. The molecule has 1 amide bonds. The molecule has 2 rings (SSSR count). The van der Waals surface area contributed by atoms with Crippen LogP contribution in [-0.4, -0.2) is 68.4 Å². The van der Waals surface area contributed by atoms with Crippen LogP contribution in [0.15, 0.2) is 0 Å². The van der Waals surface area contributed by atoms with Gasteiger partial charge in [0.1, 0.15) is 0 Å². The van der Waals surface area contributed by atoms with Crippen LogP contribution in [0.25, 0.3) is 0 Å². The van der Waals surface area contributed by atoms with Crippen molar-refractivity contribution >= 4 is 16.1 Å². The Balaban J connectivity index is 2.00. The summed E-state index contributed by atoms with van der Waals surface area (Å²) in [5, 5.41) is 2.80. The van der Waals surface area contributed by atoms with Gasteiger partial charge in [0.15, 0.2) is 0 Å². The van der Waals surface area contributed by atoms with Crippen LogP contribution in [0.2, 0.25) is 0 Å². The van der Waals surface area contributed by atoms with Gasteiger partial charge in [0, 0.05) is 39.1 Å². The summed E-state index contributed by atoms with van der Waals surface area (Å²) in [6, 6.07) is -0.0814. The number of rotatable bonds is 3. The highest BCUT2D eigenvalue weighted by Crippen LogP contribution is 2.18. The van der Waals surface area contributed by atoms with Crippen molar-refractivity contribution in [3.63, 3.8) is 0 Å². The second-order valence-electron chi connectivity index (χ2n) is 4.92. The number of carbonyl (C=O) groups is 1. The molecule has 19 heavy (non-hydrogen) atoms. The third kappa shape index (κ3) is 3.65. The van der Waals surface area contributed by atoms with Crippen LogP contribution >= 0.6 is 0 Å². The Hall–Kier alpha value is -0.700. The summed E-state index contributed by atoms with van der Waals surface area (Å²) in [5.74, 6) is -0.115. The second kappa shape index (κ2) is 6.17. The van der Waals surface area contributed by atoms with E-state index in [2.05, 4.69) is 5.32 Å². The molecule has 1 unspecified atom stereocenters. The van der Waals surface area contributed by atoms with Gasteiger partial charge in [-0.2, -0.15) is 17.0 Å². The van der Waals surface area contributed by atoms with E-state index in [1.807, 2.05) is 0 Å². The first-order valence-electron chi connectivity index (χ1n) is 6.60. The van der Waals surface area contributed by atoms with E-state index in [4.69, 9.17) is 4.74 Å². The van der Waals surface area contributed by atoms with E-state index in [1.54, 1.807) is 0 Å². The van der Waals surface area contributed by atoms with Crippen molar-refractivity contribution < 1.29 is 17.9 Å². The molecule has 0 aromatic rings. The fraction of sp³-hybridized carbons (Fsp3) is 0.909. The predicted octanol–water partition coefficient (Wildman–Crippen LogP) is -0.836. The molecule has 1 N–H and O–H groups in total. The van der Waals surface area contributed by atoms with Gasteiger partial charge in [-0.3, -0.25) is 4.79 Å². The molecule has 7 nitrogen and oxygen atoms in total. The van der Waals surface area contributed by atoms with Crippen LogP contribution in [-0.2, 0) is 19.7 Å². The minimum atomic E-state index is -3.42. The monoisotopic (exact) mass is 291 g/mol. The molecule has 2 saturated heterocycles. The van der Waals surface area contributed by atoms with E-state index in [0.717, 1.165) is 12.8 Å². The first-order valence-corrected chi connectivity index (χ1v) is 8.00. The lowest BCUT2D eigenvalue weighted by atomic mass is 10.1. The Morgan fingerprint density at radius 1 is 1.21 bits per heavy atom. The minimum absolute atomic E-state index is 0.0814. The molecule has 2 fully saturated rings. The van der Waals surface area contributed by atoms with Gasteiger partial charge < -0.3 is 10.1 Å². The Bertz CT molecular complexity index is 420. The maximum Gasteiger partial charge on any atom is 0.282 e. The van der Waals surface area contributed by atoms with Crippen LogP contribution in [0.3, 0.4) is 0 Å². The molecule has 0 aliphatic carbocycles. The SMILES string of the molecule is CC(=O)NC1CCCN(S(=O)(=O)N2CCOCC2)C1. The summed E-state index contributed by atoms with van der Waals surface area (Å²) in [5.41, 5.74) is 0. The standard InChI is InChI=1S/C11H21N3O4S/c1-10(15)12-11-3-2-4-14(9-11)19(16,17)13-5-7-18-8-6-13/h11H,2-9H2,1H3,(H,12,15). The summed E-state index contributed by atoms with van der Waals surface area (Å²) in [6.45, 7) is 4.04. The summed E-state index contributed by atoms with van der Waals surface area (Å²) in [6.07, 6.45) is 1.60. The van der Waals surface area contributed by atoms with Gasteiger partial charge in [-0.1, -0.05) is 0 Å². The molecule has 0 spiro atoms. The van der Waals surface area contributed by atoms with Gasteiger partial charge in [-0.05, 0) is 12.8 Å². The molecule has 1 atom stereocenters. The van der Waals surface area contributed by atoms with E-state index in [0.29, 0.717) is 39.4 Å². The van der Waals surface area contributed by atoms with Crippen LogP contribution in [0.5, 0.6) is 0 Å². The van der Waals surface area contributed by atoms with Crippen molar-refractivity contribution in [1.29, 1.82) is 0 Å². The average molecular weight is 291 g/mol. The molecule has 2 heterocycles. The van der Waals surface area contributed by atoms with Crippen LogP contribution < -0.4 is 5.32 Å². The van der Waals surface area contributed by atoms with E-state index in [1.165, 1.54) is 15.5 Å². The molecule has 2 aliphatic heterocycles. The van der Waals surface area contributed by atoms with E-state index in [9.17, 15) is 13.2 Å². The highest BCUT2D eigenvalue weighted by Gasteiger charge is 2.34.